The molecule has 0 aliphatic carbocycles. The number of rotatable bonds is 17. The molecule has 4 aromatic carbocycles. The molecule has 25 heteroatoms. The SMILES string of the molecule is C=CC(=O)Nc1ccc(C(=O)Nc2cccc(Nc3c(F)c(SC4CCN(C(=O)OCc5ccc(NC([CH2-])=O)cc5)CC4)nc4c(C(C)C)cnn34)c2)cc1.CC(C)C(NC(=O)c1ccc(C=O)cc1)C(N)=O.CN1C(=O)C=CC1=O.[CH3-].[CH3-].[Cs+].[Cs+]. The minimum absolute atomic E-state index is 0. The number of nitrogens with zero attached hydrogens (tertiary/aromatic N) is 5. The molecule has 8 rings (SSSR count). The van der Waals surface area contributed by atoms with E-state index in [-0.39, 0.29) is 217 Å². The number of anilines is 5. The molecule has 21 nitrogen and oxygen atoms in total. The molecule has 2 aromatic heterocycles. The van der Waals surface area contributed by atoms with E-state index in [1.165, 1.54) is 59.7 Å². The second-order valence-electron chi connectivity index (χ2n) is 19.0. The predicted molar refractivity (Wildman–Crippen MR) is 318 cm³/mol. The summed E-state index contributed by atoms with van der Waals surface area (Å²) in [5.41, 5.74) is 10.7. The normalized spacial score (nSPS) is 12.7. The van der Waals surface area contributed by atoms with Gasteiger partial charge in [0, 0.05) is 82.5 Å². The minimum atomic E-state index is -0.705. The molecule has 438 valence electrons. The molecule has 1 atom stereocenters. The number of hydrogen-bond acceptors (Lipinski definition) is 14. The van der Waals surface area contributed by atoms with Crippen LogP contribution in [0.25, 0.3) is 5.65 Å². The quantitative estimate of drug-likeness (QED) is 0.0252. The third kappa shape index (κ3) is 22.3. The van der Waals surface area contributed by atoms with Gasteiger partial charge in [-0.25, -0.2) is 9.78 Å². The van der Waals surface area contributed by atoms with Gasteiger partial charge in [-0.2, -0.15) is 14.0 Å². The third-order valence-electron chi connectivity index (χ3n) is 12.4. The molecule has 85 heavy (non-hydrogen) atoms. The zero-order chi connectivity index (χ0) is 58.9. The second-order valence-corrected chi connectivity index (χ2v) is 20.3. The van der Waals surface area contributed by atoms with Crippen LogP contribution in [0.4, 0.5) is 37.8 Å². The van der Waals surface area contributed by atoms with Crippen molar-refractivity contribution in [2.24, 2.45) is 11.7 Å². The molecule has 1 saturated heterocycles. The number of fused-ring (bicyclic) bond motifs is 1. The number of aldehydes is 1. The Morgan fingerprint density at radius 3 is 1.91 bits per heavy atom. The summed E-state index contributed by atoms with van der Waals surface area (Å²) in [4.78, 5) is 110. The van der Waals surface area contributed by atoms with E-state index in [0.717, 1.165) is 22.1 Å². The zero-order valence-electron chi connectivity index (χ0n) is 49.1. The number of carbonyl (C=O) groups excluding carboxylic acids is 9. The first-order chi connectivity index (χ1) is 38.6. The van der Waals surface area contributed by atoms with Crippen LogP contribution in [0.2, 0.25) is 0 Å². The van der Waals surface area contributed by atoms with Crippen LogP contribution in [-0.4, -0.2) is 110 Å². The Morgan fingerprint density at radius 2 is 1.38 bits per heavy atom. The topological polar surface area (TPSA) is 286 Å². The Kier molecular flexibility index (Phi) is 32.5. The van der Waals surface area contributed by atoms with Crippen LogP contribution in [0.15, 0.2) is 133 Å². The van der Waals surface area contributed by atoms with Crippen LogP contribution in [0.1, 0.15) is 88.7 Å². The summed E-state index contributed by atoms with van der Waals surface area (Å²) >= 11 is 1.33. The van der Waals surface area contributed by atoms with Gasteiger partial charge in [0.15, 0.2) is 17.3 Å². The first kappa shape index (κ1) is 75.6. The fourth-order valence-electron chi connectivity index (χ4n) is 7.85. The molecule has 1 unspecified atom stereocenters. The van der Waals surface area contributed by atoms with E-state index in [9.17, 15) is 43.2 Å². The number of piperidine rings is 1. The standard InChI is InChI=1S/C40H40FN8O5S.C13H16N2O3.C5H5NO2.2CH3.2Cs/c1-5-34(51)44-29-15-11-27(12-16-29)38(52)46-31-8-6-7-30(21-31)45-37-35(41)39(47-36-33(24(2)3)22-42-49(36)37)55-32-17-19-48(20-18-32)40(53)54-23-26-9-13-28(14-10-26)43-25(4)50;1-8(2)11(12(14)17)15-13(18)10-5-3-9(7-16)4-6-10;1-6-4(7)2-3-5(6)8;;;;/h5-16,21-22,24,32,45H,1,4,17-20,23H2,2-3H3,(H,43,50)(H,44,51)(H,46,52);3-8,11H,1-2H3,(H2,14,17)(H,15,18);2-3H,1H3;2*1H3;;/q-1;;;2*-1;2*+1. The second kappa shape index (κ2) is 36.6. The average molecular weight is 1420 g/mol. The number of nitrogens with one attached hydrogen (secondary N) is 5. The summed E-state index contributed by atoms with van der Waals surface area (Å²) in [6.45, 7) is 15.3. The fourth-order valence-corrected chi connectivity index (χ4v) is 8.95. The number of nitrogens with two attached hydrogens (primary N) is 1. The average Bonchev–Trinajstić information content (AvgIpc) is 4.17. The molecular weight excluding hydrogens is 1350 g/mol. The molecule has 2 aliphatic heterocycles. The number of hydrogen-bond donors (Lipinski definition) is 6. The Bertz CT molecular complexity index is 3340. The number of imide groups is 1. The van der Waals surface area contributed by atoms with Crippen LogP contribution < -0.4 is 170 Å². The molecule has 1 fully saturated rings. The van der Waals surface area contributed by atoms with Gasteiger partial charge in [0.2, 0.25) is 11.8 Å². The van der Waals surface area contributed by atoms with E-state index < -0.39 is 29.8 Å². The largest absolute Gasteiger partial charge is 1.00 e. The molecule has 0 spiro atoms. The summed E-state index contributed by atoms with van der Waals surface area (Å²) in [6, 6.07) is 25.7. The number of thioether (sulfide) groups is 1. The van der Waals surface area contributed by atoms with Crippen molar-refractivity contribution in [1.29, 1.82) is 0 Å². The first-order valence-electron chi connectivity index (χ1n) is 25.4. The Balaban J connectivity index is 0.000000680. The number of aromatic nitrogens is 3. The number of benzene rings is 4. The van der Waals surface area contributed by atoms with Crippen LogP contribution in [0.3, 0.4) is 0 Å². The molecule has 0 radical (unpaired) electrons. The van der Waals surface area contributed by atoms with Gasteiger partial charge in [-0.3, -0.25) is 38.5 Å². The molecule has 0 bridgehead atoms. The number of carbonyl (C=O) groups is 9. The van der Waals surface area contributed by atoms with Crippen LogP contribution in [0, 0.1) is 33.5 Å². The van der Waals surface area contributed by atoms with Crippen molar-refractivity contribution in [3.63, 3.8) is 0 Å². The molecule has 6 aromatic rings. The number of likely N-dealkylation sites (N-methyl/N-ethyl adjacent to an activating group) is 1. The van der Waals surface area contributed by atoms with E-state index in [1.807, 2.05) is 13.8 Å². The van der Waals surface area contributed by atoms with Gasteiger partial charge in [0.25, 0.3) is 23.6 Å². The van der Waals surface area contributed by atoms with E-state index in [0.29, 0.717) is 77.3 Å². The molecule has 4 heterocycles. The maximum atomic E-state index is 16.5. The maximum absolute atomic E-state index is 16.5. The van der Waals surface area contributed by atoms with Gasteiger partial charge < -0.3 is 68.5 Å². The van der Waals surface area contributed by atoms with Crippen LogP contribution in [-0.2, 0) is 35.3 Å². The summed E-state index contributed by atoms with van der Waals surface area (Å²) in [5.74, 6) is -3.04. The monoisotopic (exact) mass is 1420 g/mol. The molecule has 7 N–H and O–H groups in total. The van der Waals surface area contributed by atoms with Gasteiger partial charge in [-0.05, 0) is 103 Å². The van der Waals surface area contributed by atoms with Crippen LogP contribution in [0.5, 0.6) is 0 Å². The Labute approximate surface area is 616 Å². The number of halogens is 1. The Morgan fingerprint density at radius 1 is 0.812 bits per heavy atom. The number of ether oxygens (including phenoxy) is 1. The number of primary amides is 1. The number of likely N-dealkylation sites (tertiary alicyclic amines) is 1. The van der Waals surface area contributed by atoms with E-state index in [1.54, 1.807) is 97.7 Å². The van der Waals surface area contributed by atoms with Gasteiger partial charge in [-0.15, -0.1) is 0 Å². The van der Waals surface area contributed by atoms with Crippen molar-refractivity contribution in [2.45, 2.75) is 69.4 Å². The van der Waals surface area contributed by atoms with Crippen molar-refractivity contribution in [3.05, 3.63) is 183 Å². The van der Waals surface area contributed by atoms with Gasteiger partial charge >= 0.3 is 144 Å². The van der Waals surface area contributed by atoms with Gasteiger partial charge in [-0.1, -0.05) is 76.4 Å². The predicted octanol–water partition coefficient (Wildman–Crippen LogP) is 2.97. The third-order valence-corrected chi connectivity index (χ3v) is 13.7. The van der Waals surface area contributed by atoms with Crippen molar-refractivity contribution in [1.82, 2.24) is 29.7 Å². The first-order valence-corrected chi connectivity index (χ1v) is 26.3. The van der Waals surface area contributed by atoms with Crippen molar-refractivity contribution >= 4 is 99.7 Å². The smallest absolute Gasteiger partial charge is 0.445 e. The van der Waals surface area contributed by atoms with Crippen molar-refractivity contribution < 1.29 is 190 Å². The van der Waals surface area contributed by atoms with E-state index in [4.69, 9.17) is 15.5 Å². The van der Waals surface area contributed by atoms with E-state index in [2.05, 4.69) is 45.2 Å². The van der Waals surface area contributed by atoms with Crippen molar-refractivity contribution in [2.75, 3.05) is 41.4 Å². The molecule has 0 saturated carbocycles. The summed E-state index contributed by atoms with van der Waals surface area (Å²) in [5, 5.41) is 18.5. The Hall–Kier alpha value is -5.54. The van der Waals surface area contributed by atoms with Gasteiger partial charge in [0.1, 0.15) is 24.0 Å². The number of amides is 8. The molecular formula is C60H67Cs2FN11O10S-. The minimum Gasteiger partial charge on any atom is -0.445 e. The summed E-state index contributed by atoms with van der Waals surface area (Å²) < 4.78 is 23.4. The summed E-state index contributed by atoms with van der Waals surface area (Å²) in [7, 11) is 1.45. The molecule has 8 amide bonds. The maximum Gasteiger partial charge on any atom is 1.00 e. The zero-order valence-corrected chi connectivity index (χ0v) is 62.4. The fraction of sp³-hybridized carbons (Fsp3) is 0.233. The summed E-state index contributed by atoms with van der Waals surface area (Å²) in [6.07, 6.45) is 6.84. The van der Waals surface area contributed by atoms with Gasteiger partial charge in [0.05, 0.1) is 12.1 Å². The van der Waals surface area contributed by atoms with E-state index >= 15 is 4.39 Å². The van der Waals surface area contributed by atoms with Crippen molar-refractivity contribution in [3.8, 4) is 0 Å². The molecule has 2 aliphatic rings. The van der Waals surface area contributed by atoms with Crippen LogP contribution >= 0.6 is 11.8 Å².